The summed E-state index contributed by atoms with van der Waals surface area (Å²) >= 11 is 3.33. The molecule has 8 heteroatoms. The van der Waals surface area contributed by atoms with E-state index >= 15 is 0 Å². The van der Waals surface area contributed by atoms with Gasteiger partial charge in [0.05, 0.1) is 6.54 Å². The second-order valence-corrected chi connectivity index (χ2v) is 6.19. The number of nitrogens with zero attached hydrogens (tertiary/aromatic N) is 2. The molecule has 1 unspecified atom stereocenters. The molecular weight excluding hydrogens is 378 g/mol. The van der Waals surface area contributed by atoms with Crippen molar-refractivity contribution in [1.82, 2.24) is 10.1 Å². The normalized spacial score (nSPS) is 11.7. The fraction of sp³-hybridized carbons (Fsp3) is 0.312. The van der Waals surface area contributed by atoms with E-state index in [1.807, 2.05) is 12.1 Å². The van der Waals surface area contributed by atoms with Gasteiger partial charge in [-0.1, -0.05) is 21.1 Å². The smallest absolute Gasteiger partial charge is 0.263 e. The number of likely N-dealkylation sites (N-methyl/N-ethyl adjacent to an activating group) is 1. The third-order valence-electron chi connectivity index (χ3n) is 3.13. The minimum absolute atomic E-state index is 0.112. The number of aryl methyl sites for hydroxylation is 1. The molecule has 1 N–H and O–H groups in total. The van der Waals surface area contributed by atoms with E-state index in [0.29, 0.717) is 17.3 Å². The van der Waals surface area contributed by atoms with Crippen LogP contribution in [0.25, 0.3) is 0 Å². The van der Waals surface area contributed by atoms with Gasteiger partial charge in [0.15, 0.2) is 11.9 Å². The lowest BCUT2D eigenvalue weighted by atomic mass is 10.3. The quantitative estimate of drug-likeness (QED) is 0.812. The number of anilines is 1. The predicted molar refractivity (Wildman–Crippen MR) is 91.7 cm³/mol. The fourth-order valence-corrected chi connectivity index (χ4v) is 2.24. The van der Waals surface area contributed by atoms with Crippen LogP contribution in [0.4, 0.5) is 5.82 Å². The van der Waals surface area contributed by atoms with Crippen LogP contribution in [0, 0.1) is 6.92 Å². The Morgan fingerprint density at radius 1 is 1.38 bits per heavy atom. The molecule has 1 aromatic heterocycles. The second-order valence-electron chi connectivity index (χ2n) is 5.28. The maximum atomic E-state index is 12.3. The van der Waals surface area contributed by atoms with E-state index in [0.717, 1.165) is 4.47 Å². The van der Waals surface area contributed by atoms with E-state index in [1.165, 1.54) is 11.9 Å². The zero-order valence-corrected chi connectivity index (χ0v) is 15.2. The van der Waals surface area contributed by atoms with Crippen molar-refractivity contribution in [2.24, 2.45) is 0 Å². The predicted octanol–water partition coefficient (Wildman–Crippen LogP) is 2.61. The van der Waals surface area contributed by atoms with Crippen LogP contribution in [0.15, 0.2) is 39.3 Å². The zero-order chi connectivity index (χ0) is 17.7. The van der Waals surface area contributed by atoms with Crippen LogP contribution in [0.1, 0.15) is 12.7 Å². The standard InChI is InChI=1S/C16H18BrN3O4/c1-10-8-14(19-24-10)18-15(21)9-20(3)16(22)11(2)23-13-6-4-12(17)5-7-13/h4-8,11H,9H2,1-3H3,(H,18,19,21). The van der Waals surface area contributed by atoms with Crippen LogP contribution in [0.5, 0.6) is 5.75 Å². The average Bonchev–Trinajstić information content (AvgIpc) is 2.93. The van der Waals surface area contributed by atoms with Gasteiger partial charge in [-0.15, -0.1) is 0 Å². The molecule has 2 aromatic rings. The average molecular weight is 396 g/mol. The SMILES string of the molecule is Cc1cc(NC(=O)CN(C)C(=O)C(C)Oc2ccc(Br)cc2)no1. The molecule has 0 saturated carbocycles. The van der Waals surface area contributed by atoms with E-state index in [9.17, 15) is 9.59 Å². The topological polar surface area (TPSA) is 84.7 Å². The Labute approximate surface area is 148 Å². The maximum absolute atomic E-state index is 12.3. The number of hydrogen-bond acceptors (Lipinski definition) is 5. The molecule has 2 rings (SSSR count). The van der Waals surface area contributed by atoms with Crippen molar-refractivity contribution >= 4 is 33.6 Å². The lowest BCUT2D eigenvalue weighted by molar-refractivity contribution is -0.139. The van der Waals surface area contributed by atoms with E-state index < -0.39 is 6.10 Å². The Morgan fingerprint density at radius 2 is 2.04 bits per heavy atom. The van der Waals surface area contributed by atoms with Crippen molar-refractivity contribution in [3.63, 3.8) is 0 Å². The lowest BCUT2D eigenvalue weighted by Crippen LogP contribution is -2.42. The molecule has 24 heavy (non-hydrogen) atoms. The monoisotopic (exact) mass is 395 g/mol. The first-order chi connectivity index (χ1) is 11.3. The summed E-state index contributed by atoms with van der Waals surface area (Å²) < 4.78 is 11.4. The van der Waals surface area contributed by atoms with Crippen molar-refractivity contribution in [2.45, 2.75) is 20.0 Å². The highest BCUT2D eigenvalue weighted by Crippen LogP contribution is 2.17. The number of hydrogen-bond donors (Lipinski definition) is 1. The molecule has 2 amide bonds. The van der Waals surface area contributed by atoms with Gasteiger partial charge in [-0.25, -0.2) is 0 Å². The molecule has 0 aliphatic heterocycles. The largest absolute Gasteiger partial charge is 0.481 e. The van der Waals surface area contributed by atoms with Gasteiger partial charge < -0.3 is 19.5 Å². The number of amides is 2. The van der Waals surface area contributed by atoms with Crippen molar-refractivity contribution in [1.29, 1.82) is 0 Å². The molecule has 1 atom stereocenters. The first kappa shape index (κ1) is 18.0. The van der Waals surface area contributed by atoms with Gasteiger partial charge in [0.1, 0.15) is 11.5 Å². The van der Waals surface area contributed by atoms with E-state index in [2.05, 4.69) is 26.4 Å². The van der Waals surface area contributed by atoms with Crippen LogP contribution >= 0.6 is 15.9 Å². The van der Waals surface area contributed by atoms with Gasteiger partial charge in [0.25, 0.3) is 5.91 Å². The first-order valence-corrected chi connectivity index (χ1v) is 8.05. The van der Waals surface area contributed by atoms with Crippen molar-refractivity contribution in [3.8, 4) is 5.75 Å². The summed E-state index contributed by atoms with van der Waals surface area (Å²) in [5.74, 6) is 0.818. The first-order valence-electron chi connectivity index (χ1n) is 7.25. The van der Waals surface area contributed by atoms with Crippen LogP contribution in [0.3, 0.4) is 0 Å². The number of ether oxygens (including phenoxy) is 1. The molecule has 1 heterocycles. The number of nitrogens with one attached hydrogen (secondary N) is 1. The number of aromatic nitrogens is 1. The van der Waals surface area contributed by atoms with Gasteiger partial charge in [0.2, 0.25) is 5.91 Å². The van der Waals surface area contributed by atoms with Crippen LogP contribution in [0.2, 0.25) is 0 Å². The van der Waals surface area contributed by atoms with E-state index in [1.54, 1.807) is 32.0 Å². The lowest BCUT2D eigenvalue weighted by Gasteiger charge is -2.21. The number of benzene rings is 1. The fourth-order valence-electron chi connectivity index (χ4n) is 1.98. The van der Waals surface area contributed by atoms with Gasteiger partial charge in [-0.05, 0) is 38.1 Å². The highest BCUT2D eigenvalue weighted by atomic mass is 79.9. The van der Waals surface area contributed by atoms with E-state index in [4.69, 9.17) is 9.26 Å². The van der Waals surface area contributed by atoms with Gasteiger partial charge >= 0.3 is 0 Å². The number of rotatable bonds is 6. The minimum atomic E-state index is -0.710. The minimum Gasteiger partial charge on any atom is -0.481 e. The number of halogens is 1. The third kappa shape index (κ3) is 5.09. The highest BCUT2D eigenvalue weighted by Gasteiger charge is 2.21. The molecule has 1 aromatic carbocycles. The number of carbonyl (C=O) groups is 2. The van der Waals surface area contributed by atoms with Gasteiger partial charge in [-0.2, -0.15) is 0 Å². The molecule has 128 valence electrons. The summed E-state index contributed by atoms with van der Waals surface area (Å²) in [6.45, 7) is 3.25. The Kier molecular flexibility index (Phi) is 5.97. The Balaban J connectivity index is 1.86. The molecule has 0 fully saturated rings. The third-order valence-corrected chi connectivity index (χ3v) is 3.66. The Bertz CT molecular complexity index is 714. The second kappa shape index (κ2) is 7.96. The van der Waals surface area contributed by atoms with Crippen molar-refractivity contribution in [2.75, 3.05) is 18.9 Å². The summed E-state index contributed by atoms with van der Waals surface area (Å²) in [7, 11) is 1.54. The molecule has 7 nitrogen and oxygen atoms in total. The molecule has 0 bridgehead atoms. The van der Waals surface area contributed by atoms with Gasteiger partial charge in [0, 0.05) is 17.6 Å². The summed E-state index contributed by atoms with van der Waals surface area (Å²) in [5.41, 5.74) is 0. The van der Waals surface area contributed by atoms with Crippen molar-refractivity contribution < 1.29 is 18.8 Å². The molecule has 0 aliphatic carbocycles. The summed E-state index contributed by atoms with van der Waals surface area (Å²) in [5, 5.41) is 6.23. The highest BCUT2D eigenvalue weighted by molar-refractivity contribution is 9.10. The van der Waals surface area contributed by atoms with Gasteiger partial charge in [-0.3, -0.25) is 9.59 Å². The molecular formula is C16H18BrN3O4. The molecule has 0 radical (unpaired) electrons. The van der Waals surface area contributed by atoms with Crippen LogP contribution in [-0.4, -0.2) is 41.6 Å². The molecule has 0 aliphatic rings. The molecule has 0 saturated heterocycles. The Hall–Kier alpha value is -2.35. The van der Waals surface area contributed by atoms with Crippen molar-refractivity contribution in [3.05, 3.63) is 40.6 Å². The van der Waals surface area contributed by atoms with Crippen LogP contribution < -0.4 is 10.1 Å². The Morgan fingerprint density at radius 3 is 2.62 bits per heavy atom. The zero-order valence-electron chi connectivity index (χ0n) is 13.6. The summed E-state index contributed by atoms with van der Waals surface area (Å²) in [6.07, 6.45) is -0.710. The van der Waals surface area contributed by atoms with Crippen LogP contribution in [-0.2, 0) is 9.59 Å². The molecule has 0 spiro atoms. The maximum Gasteiger partial charge on any atom is 0.263 e. The summed E-state index contributed by atoms with van der Waals surface area (Å²) in [6, 6.07) is 8.76. The summed E-state index contributed by atoms with van der Waals surface area (Å²) in [4.78, 5) is 25.5. The van der Waals surface area contributed by atoms with E-state index in [-0.39, 0.29) is 18.4 Å². The number of carbonyl (C=O) groups excluding carboxylic acids is 2.